The number of amides is 3. The number of H-pyrrole nitrogens is 1. The van der Waals surface area contributed by atoms with E-state index in [4.69, 9.17) is 10.5 Å². The average molecular weight is 638 g/mol. The standard InChI is InChI=1S/C30H23F4N7O5/c1-13-7-23(46-25-16(31)5-4-6-17(25)32)36-12-21(13)41-26(35)15(11-37-41)24(42)19-8-14-9-22(45-28(33)34)20(10-18(14)38-19)40-27(43)30(2,3)39-29(40)44/h4-12,28,38H,35H2,1-3H3,(H,39,44). The van der Waals surface area contributed by atoms with Gasteiger partial charge in [0.25, 0.3) is 5.91 Å². The van der Waals surface area contributed by atoms with Gasteiger partial charge in [-0.15, -0.1) is 0 Å². The molecule has 3 aromatic heterocycles. The molecule has 0 radical (unpaired) electrons. The van der Waals surface area contributed by atoms with E-state index >= 15 is 0 Å². The highest BCUT2D eigenvalue weighted by Gasteiger charge is 2.46. The highest BCUT2D eigenvalue weighted by Crippen LogP contribution is 2.38. The Bertz CT molecular complexity index is 2050. The van der Waals surface area contributed by atoms with Gasteiger partial charge in [-0.3, -0.25) is 9.59 Å². The number of ether oxygens (including phenoxy) is 2. The highest BCUT2D eigenvalue weighted by atomic mass is 19.3. The molecular weight excluding hydrogens is 614 g/mol. The van der Waals surface area contributed by atoms with Crippen LogP contribution in [0.25, 0.3) is 16.6 Å². The van der Waals surface area contributed by atoms with Crippen molar-refractivity contribution in [1.82, 2.24) is 25.1 Å². The van der Waals surface area contributed by atoms with Gasteiger partial charge < -0.3 is 25.5 Å². The van der Waals surface area contributed by atoms with E-state index in [1.165, 1.54) is 61.3 Å². The number of nitrogen functional groups attached to an aromatic ring is 1. The molecule has 0 spiro atoms. The zero-order valence-electron chi connectivity index (χ0n) is 24.2. The molecule has 0 unspecified atom stereocenters. The summed E-state index contributed by atoms with van der Waals surface area (Å²) in [5.74, 6) is -4.38. The molecule has 0 aliphatic carbocycles. The number of hydrogen-bond acceptors (Lipinski definition) is 8. The van der Waals surface area contributed by atoms with Gasteiger partial charge in [0.05, 0.1) is 35.0 Å². The Balaban J connectivity index is 1.32. The Morgan fingerprint density at radius 3 is 2.39 bits per heavy atom. The van der Waals surface area contributed by atoms with E-state index < -0.39 is 53.0 Å². The first-order valence-corrected chi connectivity index (χ1v) is 13.5. The van der Waals surface area contributed by atoms with Crippen molar-refractivity contribution >= 4 is 40.1 Å². The number of pyridine rings is 1. The van der Waals surface area contributed by atoms with Crippen molar-refractivity contribution in [2.45, 2.75) is 32.9 Å². The van der Waals surface area contributed by atoms with Crippen molar-refractivity contribution in [3.63, 3.8) is 0 Å². The van der Waals surface area contributed by atoms with E-state index in [1.807, 2.05) is 0 Å². The summed E-state index contributed by atoms with van der Waals surface area (Å²) < 4.78 is 65.8. The number of nitrogens with one attached hydrogen (secondary N) is 2. The number of alkyl halides is 2. The number of carbonyl (C=O) groups is 3. The van der Waals surface area contributed by atoms with Crippen LogP contribution in [0.3, 0.4) is 0 Å². The molecule has 0 saturated carbocycles. The van der Waals surface area contributed by atoms with Crippen LogP contribution in [0.2, 0.25) is 0 Å². The Morgan fingerprint density at radius 1 is 1.04 bits per heavy atom. The molecule has 6 rings (SSSR count). The van der Waals surface area contributed by atoms with Crippen LogP contribution in [0.15, 0.2) is 54.9 Å². The summed E-state index contributed by atoms with van der Waals surface area (Å²) in [7, 11) is 0. The molecule has 1 saturated heterocycles. The minimum atomic E-state index is -3.27. The molecule has 4 N–H and O–H groups in total. The number of carbonyl (C=O) groups excluding carboxylic acids is 3. The van der Waals surface area contributed by atoms with E-state index in [-0.39, 0.29) is 39.5 Å². The lowest BCUT2D eigenvalue weighted by atomic mass is 10.1. The van der Waals surface area contributed by atoms with E-state index in [0.717, 1.165) is 12.1 Å². The molecule has 0 atom stereocenters. The second-order valence-corrected chi connectivity index (χ2v) is 10.8. The third-order valence-electron chi connectivity index (χ3n) is 7.23. The largest absolute Gasteiger partial charge is 0.433 e. The molecule has 1 aliphatic rings. The molecule has 1 aliphatic heterocycles. The van der Waals surface area contributed by atoms with Crippen LogP contribution >= 0.6 is 0 Å². The molecule has 16 heteroatoms. The Kier molecular flexibility index (Phi) is 7.14. The number of fused-ring (bicyclic) bond motifs is 1. The number of hydrogen-bond donors (Lipinski definition) is 3. The van der Waals surface area contributed by atoms with Gasteiger partial charge in [0.2, 0.25) is 17.4 Å². The minimum absolute atomic E-state index is 0.00978. The highest BCUT2D eigenvalue weighted by molar-refractivity contribution is 6.24. The zero-order valence-corrected chi connectivity index (χ0v) is 24.2. The number of halogens is 4. The topological polar surface area (TPSA) is 157 Å². The van der Waals surface area contributed by atoms with Crippen molar-refractivity contribution < 1.29 is 41.4 Å². The molecule has 5 aromatic rings. The molecule has 236 valence electrons. The van der Waals surface area contributed by atoms with Crippen LogP contribution in [0.4, 0.5) is 33.9 Å². The van der Waals surface area contributed by atoms with E-state index in [9.17, 15) is 31.9 Å². The van der Waals surface area contributed by atoms with E-state index in [0.29, 0.717) is 16.2 Å². The third kappa shape index (κ3) is 5.12. The first-order chi connectivity index (χ1) is 21.7. The molecule has 4 heterocycles. The summed E-state index contributed by atoms with van der Waals surface area (Å²) in [4.78, 5) is 46.7. The molecule has 0 bridgehead atoms. The number of imide groups is 1. The van der Waals surface area contributed by atoms with Gasteiger partial charge in [0.1, 0.15) is 11.4 Å². The second-order valence-electron chi connectivity index (χ2n) is 10.8. The number of urea groups is 1. The van der Waals surface area contributed by atoms with Crippen LogP contribution in [0, 0.1) is 18.6 Å². The smallest absolute Gasteiger partial charge is 0.387 e. The SMILES string of the molecule is Cc1cc(Oc2c(F)cccc2F)ncc1-n1ncc(C(=O)c2cc3cc(OC(F)F)c(N4C(=O)NC(C)(C)C4=O)cc3[nH]2)c1N. The lowest BCUT2D eigenvalue weighted by molar-refractivity contribution is -0.121. The summed E-state index contributed by atoms with van der Waals surface area (Å²) in [6.45, 7) is 1.30. The Morgan fingerprint density at radius 2 is 1.76 bits per heavy atom. The first kappa shape index (κ1) is 30.1. The van der Waals surface area contributed by atoms with Crippen LogP contribution in [-0.4, -0.2) is 49.6 Å². The molecular formula is C30H23F4N7O5. The monoisotopic (exact) mass is 637 g/mol. The maximum Gasteiger partial charge on any atom is 0.387 e. The van der Waals surface area contributed by atoms with Gasteiger partial charge in [-0.05, 0) is 56.7 Å². The number of aromatic amines is 1. The summed E-state index contributed by atoms with van der Waals surface area (Å²) in [5, 5.41) is 6.94. The van der Waals surface area contributed by atoms with Gasteiger partial charge in [0.15, 0.2) is 17.4 Å². The lowest BCUT2D eigenvalue weighted by Gasteiger charge is -2.19. The average Bonchev–Trinajstić information content (AvgIpc) is 3.62. The predicted octanol–water partition coefficient (Wildman–Crippen LogP) is 5.38. The zero-order chi connectivity index (χ0) is 33.1. The predicted molar refractivity (Wildman–Crippen MR) is 155 cm³/mol. The quantitative estimate of drug-likeness (QED) is 0.116. The van der Waals surface area contributed by atoms with Gasteiger partial charge in [0, 0.05) is 17.0 Å². The minimum Gasteiger partial charge on any atom is -0.433 e. The van der Waals surface area contributed by atoms with E-state index in [1.54, 1.807) is 6.92 Å². The summed E-state index contributed by atoms with van der Waals surface area (Å²) in [5.41, 5.74) is 5.78. The Hall–Kier alpha value is -5.93. The number of aryl methyl sites for hydroxylation is 1. The molecule has 1 fully saturated rings. The molecule has 3 amide bonds. The molecule has 2 aromatic carbocycles. The second kappa shape index (κ2) is 10.9. The number of para-hydroxylation sites is 1. The van der Waals surface area contributed by atoms with Crippen molar-refractivity contribution in [3.05, 3.63) is 83.3 Å². The molecule has 12 nitrogen and oxygen atoms in total. The number of nitrogens with two attached hydrogens (primary N) is 1. The normalized spacial score (nSPS) is 14.3. The fraction of sp³-hybridized carbons (Fsp3) is 0.167. The number of benzene rings is 2. The first-order valence-electron chi connectivity index (χ1n) is 13.5. The third-order valence-corrected chi connectivity index (χ3v) is 7.23. The van der Waals surface area contributed by atoms with Gasteiger partial charge >= 0.3 is 12.6 Å². The van der Waals surface area contributed by atoms with Crippen LogP contribution in [0.1, 0.15) is 35.5 Å². The van der Waals surface area contributed by atoms with Gasteiger partial charge in [-0.1, -0.05) is 6.07 Å². The number of ketones is 1. The maximum absolute atomic E-state index is 14.0. The van der Waals surface area contributed by atoms with Crippen molar-refractivity contribution in [2.75, 3.05) is 10.6 Å². The summed E-state index contributed by atoms with van der Waals surface area (Å²) >= 11 is 0. The van der Waals surface area contributed by atoms with Gasteiger partial charge in [-0.2, -0.15) is 13.9 Å². The summed E-state index contributed by atoms with van der Waals surface area (Å²) in [6.07, 6.45) is 2.51. The lowest BCUT2D eigenvalue weighted by Crippen LogP contribution is -2.40. The van der Waals surface area contributed by atoms with Crippen LogP contribution in [-0.2, 0) is 4.79 Å². The number of nitrogens with zero attached hydrogens (tertiary/aromatic N) is 4. The fourth-order valence-electron chi connectivity index (χ4n) is 4.96. The maximum atomic E-state index is 14.0. The Labute approximate surface area is 256 Å². The number of anilines is 2. The molecule has 46 heavy (non-hydrogen) atoms. The number of rotatable bonds is 8. The fourth-order valence-corrected chi connectivity index (χ4v) is 4.96. The van der Waals surface area contributed by atoms with Crippen LogP contribution < -0.4 is 25.4 Å². The summed E-state index contributed by atoms with van der Waals surface area (Å²) in [6, 6.07) is 7.65. The van der Waals surface area contributed by atoms with Crippen molar-refractivity contribution in [1.29, 1.82) is 0 Å². The van der Waals surface area contributed by atoms with Crippen molar-refractivity contribution in [3.8, 4) is 23.1 Å². The van der Waals surface area contributed by atoms with Gasteiger partial charge in [-0.25, -0.2) is 28.1 Å². The van der Waals surface area contributed by atoms with Crippen molar-refractivity contribution in [2.24, 2.45) is 0 Å². The van der Waals surface area contributed by atoms with E-state index in [2.05, 4.69) is 25.1 Å². The number of aromatic nitrogens is 4. The van der Waals surface area contributed by atoms with Crippen LogP contribution in [0.5, 0.6) is 17.4 Å².